The van der Waals surface area contributed by atoms with Crippen molar-refractivity contribution in [2.45, 2.75) is 63.1 Å². The van der Waals surface area contributed by atoms with Gasteiger partial charge in [0.15, 0.2) is 5.78 Å². The molecule has 5 heteroatoms. The number of carbonyl (C=O) groups is 1. The van der Waals surface area contributed by atoms with Crippen LogP contribution in [0, 0.1) is 0 Å². The average Bonchev–Trinajstić information content (AvgIpc) is 2.27. The summed E-state index contributed by atoms with van der Waals surface area (Å²) in [5, 5.41) is 4.45. The van der Waals surface area contributed by atoms with Gasteiger partial charge in [0.2, 0.25) is 0 Å². The highest BCUT2D eigenvalue weighted by Crippen LogP contribution is 2.24. The van der Waals surface area contributed by atoms with Crippen LogP contribution >= 0.6 is 23.5 Å². The van der Waals surface area contributed by atoms with Gasteiger partial charge in [0, 0.05) is 11.3 Å². The van der Waals surface area contributed by atoms with Gasteiger partial charge >= 0.3 is 0 Å². The molecule has 2 atom stereocenters. The molecular formula is C14H30N2OS2. The molecule has 0 heterocycles. The van der Waals surface area contributed by atoms with Crippen LogP contribution in [-0.4, -0.2) is 46.9 Å². The topological polar surface area (TPSA) is 55.1 Å². The van der Waals surface area contributed by atoms with Crippen LogP contribution in [0.15, 0.2) is 0 Å². The first kappa shape index (κ1) is 19.3. The number of carbonyl (C=O) groups excluding carboxylic acids is 1. The molecule has 0 saturated heterocycles. The van der Waals surface area contributed by atoms with Gasteiger partial charge in [-0.05, 0) is 30.9 Å². The van der Waals surface area contributed by atoms with Crippen LogP contribution in [0.4, 0.5) is 0 Å². The van der Waals surface area contributed by atoms with Crippen LogP contribution < -0.4 is 11.1 Å². The van der Waals surface area contributed by atoms with Gasteiger partial charge in [-0.2, -0.15) is 23.5 Å². The standard InChI is InChI=1S/C14H30N2OS2/c1-10(2)16-13(14(17)9-18-5)8-12(6-7-15)19-11(3)4/h10-13,16H,6-9,15H2,1-5H3. The van der Waals surface area contributed by atoms with Crippen molar-refractivity contribution in [2.24, 2.45) is 5.73 Å². The number of Topliss-reactive ketones (excluding diaryl/α,β-unsaturated/α-hetero) is 1. The van der Waals surface area contributed by atoms with E-state index in [0.717, 1.165) is 12.8 Å². The number of nitrogens with two attached hydrogens (primary N) is 1. The van der Waals surface area contributed by atoms with E-state index in [1.54, 1.807) is 11.8 Å². The minimum absolute atomic E-state index is 0.0322. The third kappa shape index (κ3) is 9.77. The molecule has 2 unspecified atom stereocenters. The Hall–Kier alpha value is 0.290. The highest BCUT2D eigenvalue weighted by molar-refractivity contribution is 8.00. The molecule has 0 aliphatic carbocycles. The molecule has 3 N–H and O–H groups in total. The zero-order chi connectivity index (χ0) is 14.8. The summed E-state index contributed by atoms with van der Waals surface area (Å²) in [6, 6.07) is 0.300. The first-order valence-electron chi connectivity index (χ1n) is 7.03. The van der Waals surface area contributed by atoms with E-state index in [2.05, 4.69) is 33.0 Å². The summed E-state index contributed by atoms with van der Waals surface area (Å²) in [7, 11) is 0. The van der Waals surface area contributed by atoms with Crippen molar-refractivity contribution in [1.82, 2.24) is 5.32 Å². The van der Waals surface area contributed by atoms with E-state index in [0.29, 0.717) is 34.6 Å². The number of thioether (sulfide) groups is 2. The second kappa shape index (κ2) is 11.0. The fourth-order valence-corrected chi connectivity index (χ4v) is 3.84. The van der Waals surface area contributed by atoms with Gasteiger partial charge in [-0.15, -0.1) is 0 Å². The van der Waals surface area contributed by atoms with Crippen molar-refractivity contribution in [3.8, 4) is 0 Å². The van der Waals surface area contributed by atoms with Gasteiger partial charge in [0.05, 0.1) is 11.8 Å². The molecule has 0 aromatic carbocycles. The summed E-state index contributed by atoms with van der Waals surface area (Å²) in [6.07, 6.45) is 3.84. The SMILES string of the molecule is CSCC(=O)C(CC(CCN)SC(C)C)NC(C)C. The van der Waals surface area contributed by atoms with E-state index < -0.39 is 0 Å². The van der Waals surface area contributed by atoms with Gasteiger partial charge in [0.25, 0.3) is 0 Å². The van der Waals surface area contributed by atoms with E-state index in [1.807, 2.05) is 18.0 Å². The molecular weight excluding hydrogens is 276 g/mol. The maximum atomic E-state index is 12.2. The molecule has 0 aromatic heterocycles. The lowest BCUT2D eigenvalue weighted by Crippen LogP contribution is -2.43. The van der Waals surface area contributed by atoms with E-state index in [4.69, 9.17) is 5.73 Å². The lowest BCUT2D eigenvalue weighted by Gasteiger charge is -2.26. The normalized spacial score (nSPS) is 14.9. The monoisotopic (exact) mass is 306 g/mol. The third-order valence-electron chi connectivity index (χ3n) is 2.66. The largest absolute Gasteiger partial charge is 0.330 e. The summed E-state index contributed by atoms with van der Waals surface area (Å²) in [5.41, 5.74) is 5.69. The second-order valence-corrected chi connectivity index (χ2v) is 8.14. The first-order chi connectivity index (χ1) is 8.90. The van der Waals surface area contributed by atoms with Crippen LogP contribution in [0.5, 0.6) is 0 Å². The molecule has 0 aromatic rings. The molecule has 0 bridgehead atoms. The Morgan fingerprint density at radius 3 is 2.32 bits per heavy atom. The lowest BCUT2D eigenvalue weighted by atomic mass is 10.0. The van der Waals surface area contributed by atoms with E-state index >= 15 is 0 Å². The Morgan fingerprint density at radius 2 is 1.89 bits per heavy atom. The van der Waals surface area contributed by atoms with E-state index in [1.165, 1.54) is 0 Å². The van der Waals surface area contributed by atoms with Gasteiger partial charge < -0.3 is 11.1 Å². The zero-order valence-electron chi connectivity index (χ0n) is 12.9. The minimum atomic E-state index is -0.0322. The van der Waals surface area contributed by atoms with Crippen molar-refractivity contribution in [3.05, 3.63) is 0 Å². The maximum absolute atomic E-state index is 12.2. The molecule has 0 radical (unpaired) electrons. The molecule has 0 aliphatic heterocycles. The van der Waals surface area contributed by atoms with Crippen molar-refractivity contribution in [3.63, 3.8) is 0 Å². The Kier molecular flexibility index (Phi) is 11.2. The predicted molar refractivity (Wildman–Crippen MR) is 90.3 cm³/mol. The lowest BCUT2D eigenvalue weighted by molar-refractivity contribution is -0.118. The predicted octanol–water partition coefficient (Wildman–Crippen LogP) is 2.53. The summed E-state index contributed by atoms with van der Waals surface area (Å²) in [4.78, 5) is 12.2. The van der Waals surface area contributed by atoms with E-state index in [9.17, 15) is 4.79 Å². The van der Waals surface area contributed by atoms with Gasteiger partial charge in [0.1, 0.15) is 0 Å². The molecule has 0 rings (SSSR count). The van der Waals surface area contributed by atoms with Crippen LogP contribution in [0.2, 0.25) is 0 Å². The van der Waals surface area contributed by atoms with Crippen molar-refractivity contribution < 1.29 is 4.79 Å². The summed E-state index contributed by atoms with van der Waals surface area (Å²) >= 11 is 3.53. The van der Waals surface area contributed by atoms with Crippen LogP contribution in [0.25, 0.3) is 0 Å². The second-order valence-electron chi connectivity index (χ2n) is 5.39. The first-order valence-corrected chi connectivity index (χ1v) is 9.37. The highest BCUT2D eigenvalue weighted by atomic mass is 32.2. The van der Waals surface area contributed by atoms with E-state index in [-0.39, 0.29) is 6.04 Å². The van der Waals surface area contributed by atoms with Crippen LogP contribution in [0.1, 0.15) is 40.5 Å². The summed E-state index contributed by atoms with van der Waals surface area (Å²) in [5.74, 6) is 0.902. The molecule has 0 fully saturated rings. The Bertz CT molecular complexity index is 248. The molecule has 0 aliphatic rings. The quantitative estimate of drug-likeness (QED) is 0.614. The zero-order valence-corrected chi connectivity index (χ0v) is 14.6. The van der Waals surface area contributed by atoms with Crippen molar-refractivity contribution in [2.75, 3.05) is 18.6 Å². The minimum Gasteiger partial charge on any atom is -0.330 e. The van der Waals surface area contributed by atoms with Crippen molar-refractivity contribution in [1.29, 1.82) is 0 Å². The van der Waals surface area contributed by atoms with Gasteiger partial charge in [-0.25, -0.2) is 0 Å². The van der Waals surface area contributed by atoms with Gasteiger partial charge in [-0.1, -0.05) is 27.7 Å². The molecule has 0 amide bonds. The fraction of sp³-hybridized carbons (Fsp3) is 0.929. The number of hydrogen-bond donors (Lipinski definition) is 2. The third-order valence-corrected chi connectivity index (χ3v) is 4.59. The molecule has 0 saturated carbocycles. The Labute approximate surface area is 127 Å². The number of rotatable bonds is 11. The van der Waals surface area contributed by atoms with Crippen LogP contribution in [-0.2, 0) is 4.79 Å². The Balaban J connectivity index is 4.58. The summed E-state index contributed by atoms with van der Waals surface area (Å²) < 4.78 is 0. The Morgan fingerprint density at radius 1 is 1.26 bits per heavy atom. The number of nitrogens with one attached hydrogen (secondary N) is 1. The van der Waals surface area contributed by atoms with Gasteiger partial charge in [-0.3, -0.25) is 4.79 Å². The highest BCUT2D eigenvalue weighted by Gasteiger charge is 2.23. The number of hydrogen-bond acceptors (Lipinski definition) is 5. The molecule has 3 nitrogen and oxygen atoms in total. The van der Waals surface area contributed by atoms with Crippen LogP contribution in [0.3, 0.4) is 0 Å². The fourth-order valence-electron chi connectivity index (χ4n) is 2.01. The average molecular weight is 307 g/mol. The number of ketones is 1. The molecule has 114 valence electrons. The molecule has 19 heavy (non-hydrogen) atoms. The smallest absolute Gasteiger partial charge is 0.159 e. The molecule has 0 spiro atoms. The van der Waals surface area contributed by atoms with Crippen molar-refractivity contribution >= 4 is 29.3 Å². The maximum Gasteiger partial charge on any atom is 0.159 e. The summed E-state index contributed by atoms with van der Waals surface area (Å²) in [6.45, 7) is 9.26.